The number of hydrogen-bond acceptors (Lipinski definition) is 4. The lowest BCUT2D eigenvalue weighted by Crippen LogP contribution is -2.45. The molecule has 5 nitrogen and oxygen atoms in total. The van der Waals surface area contributed by atoms with Crippen LogP contribution in [0.4, 0.5) is 0 Å². The normalized spacial score (nSPS) is 18.6. The molecule has 8 heteroatoms. The van der Waals surface area contributed by atoms with Crippen molar-refractivity contribution in [3.05, 3.63) is 52.4 Å². The molecule has 140 valence electrons. The molecule has 1 amide bonds. The van der Waals surface area contributed by atoms with Gasteiger partial charge in [0.05, 0.1) is 0 Å². The summed E-state index contributed by atoms with van der Waals surface area (Å²) in [7, 11) is -3.53. The number of benzene rings is 1. The summed E-state index contributed by atoms with van der Waals surface area (Å²) in [4.78, 5) is 12.4. The second-order valence-electron chi connectivity index (χ2n) is 6.30. The van der Waals surface area contributed by atoms with E-state index in [1.165, 1.54) is 15.6 Å². The van der Waals surface area contributed by atoms with E-state index in [0.29, 0.717) is 28.7 Å². The van der Waals surface area contributed by atoms with Crippen LogP contribution in [0.15, 0.2) is 46.0 Å². The monoisotopic (exact) mass is 412 g/mol. The number of sulfonamides is 1. The van der Waals surface area contributed by atoms with E-state index in [9.17, 15) is 13.2 Å². The molecule has 0 aliphatic carbocycles. The van der Waals surface area contributed by atoms with Crippen LogP contribution in [0.3, 0.4) is 0 Å². The van der Waals surface area contributed by atoms with E-state index in [2.05, 4.69) is 5.32 Å². The number of thiophene rings is 1. The summed E-state index contributed by atoms with van der Waals surface area (Å²) in [5.41, 5.74) is 0.953. The molecule has 1 saturated heterocycles. The van der Waals surface area contributed by atoms with Gasteiger partial charge in [0.2, 0.25) is 5.91 Å². The lowest BCUT2D eigenvalue weighted by molar-refractivity contribution is -0.122. The van der Waals surface area contributed by atoms with Crippen LogP contribution in [0.2, 0.25) is 5.02 Å². The molecule has 1 aromatic carbocycles. The highest BCUT2D eigenvalue weighted by atomic mass is 35.5. The Morgan fingerprint density at radius 3 is 2.69 bits per heavy atom. The first kappa shape index (κ1) is 19.4. The van der Waals surface area contributed by atoms with Crippen LogP contribution in [0.5, 0.6) is 0 Å². The molecule has 1 atom stereocenters. The van der Waals surface area contributed by atoms with Gasteiger partial charge in [-0.1, -0.05) is 36.2 Å². The number of hydrogen-bond donors (Lipinski definition) is 1. The third kappa shape index (κ3) is 4.65. The van der Waals surface area contributed by atoms with Crippen LogP contribution < -0.4 is 5.32 Å². The Morgan fingerprint density at radius 2 is 2.00 bits per heavy atom. The molecule has 0 saturated carbocycles. The van der Waals surface area contributed by atoms with Gasteiger partial charge in [-0.3, -0.25) is 4.79 Å². The topological polar surface area (TPSA) is 66.5 Å². The average Bonchev–Trinajstić information content (AvgIpc) is 3.17. The van der Waals surface area contributed by atoms with Gasteiger partial charge < -0.3 is 5.32 Å². The summed E-state index contributed by atoms with van der Waals surface area (Å²) >= 11 is 7.07. The molecule has 0 unspecified atom stereocenters. The number of halogens is 1. The fourth-order valence-corrected chi connectivity index (χ4v) is 6.05. The molecule has 1 aromatic heterocycles. The molecule has 2 aromatic rings. The summed E-state index contributed by atoms with van der Waals surface area (Å²) < 4.78 is 27.5. The summed E-state index contributed by atoms with van der Waals surface area (Å²) in [5, 5.41) is 5.28. The second-order valence-corrected chi connectivity index (χ2v) is 9.81. The SMILES string of the molecule is O=C(C[C@@H]1CCCCN1S(=O)(=O)c1cccs1)NCc1ccc(Cl)cc1. The highest BCUT2D eigenvalue weighted by Gasteiger charge is 2.35. The van der Waals surface area contributed by atoms with Crippen molar-refractivity contribution in [2.75, 3.05) is 6.54 Å². The summed E-state index contributed by atoms with van der Waals surface area (Å²) in [6.07, 6.45) is 2.65. The molecule has 26 heavy (non-hydrogen) atoms. The van der Waals surface area contributed by atoms with Gasteiger partial charge in [0.25, 0.3) is 10.0 Å². The van der Waals surface area contributed by atoms with E-state index in [-0.39, 0.29) is 18.4 Å². The molecule has 1 fully saturated rings. The molecule has 0 radical (unpaired) electrons. The van der Waals surface area contributed by atoms with Gasteiger partial charge in [-0.25, -0.2) is 8.42 Å². The Bertz CT molecular complexity index is 836. The number of nitrogens with zero attached hydrogens (tertiary/aromatic N) is 1. The third-order valence-electron chi connectivity index (χ3n) is 4.46. The van der Waals surface area contributed by atoms with Crippen molar-refractivity contribution in [2.45, 2.75) is 42.5 Å². The standard InChI is InChI=1S/C18H21ClN2O3S2/c19-15-8-6-14(7-9-15)13-20-17(22)12-16-4-1-2-10-21(16)26(23,24)18-5-3-11-25-18/h3,5-9,11,16H,1-2,4,10,12-13H2,(H,20,22)/t16-/m0/s1. The maximum Gasteiger partial charge on any atom is 0.252 e. The van der Waals surface area contributed by atoms with E-state index >= 15 is 0 Å². The first-order valence-corrected chi connectivity index (χ1v) is 11.2. The highest BCUT2D eigenvalue weighted by Crippen LogP contribution is 2.29. The smallest absolute Gasteiger partial charge is 0.252 e. The number of rotatable bonds is 6. The van der Waals surface area contributed by atoms with Crippen molar-refractivity contribution < 1.29 is 13.2 Å². The van der Waals surface area contributed by atoms with Crippen molar-refractivity contribution in [2.24, 2.45) is 0 Å². The predicted octanol–water partition coefficient (Wildman–Crippen LogP) is 3.65. The van der Waals surface area contributed by atoms with Crippen molar-refractivity contribution in [3.8, 4) is 0 Å². The fourth-order valence-electron chi connectivity index (χ4n) is 3.11. The zero-order chi connectivity index (χ0) is 18.6. The Balaban J connectivity index is 1.63. The Hall–Kier alpha value is -1.41. The van der Waals surface area contributed by atoms with E-state index in [1.807, 2.05) is 12.1 Å². The first-order chi connectivity index (χ1) is 12.5. The molecule has 1 aliphatic heterocycles. The van der Waals surface area contributed by atoms with Crippen LogP contribution in [-0.4, -0.2) is 31.2 Å². The van der Waals surface area contributed by atoms with Gasteiger partial charge in [-0.05, 0) is 42.0 Å². The lowest BCUT2D eigenvalue weighted by Gasteiger charge is -2.34. The minimum absolute atomic E-state index is 0.141. The Kier molecular flexibility index (Phi) is 6.34. The quantitative estimate of drug-likeness (QED) is 0.787. The summed E-state index contributed by atoms with van der Waals surface area (Å²) in [6.45, 7) is 0.871. The van der Waals surface area contributed by atoms with Crippen LogP contribution in [0.1, 0.15) is 31.2 Å². The number of nitrogens with one attached hydrogen (secondary N) is 1. The van der Waals surface area contributed by atoms with Crippen LogP contribution in [-0.2, 0) is 21.4 Å². The molecule has 0 bridgehead atoms. The number of carbonyl (C=O) groups excluding carboxylic acids is 1. The van der Waals surface area contributed by atoms with Crippen LogP contribution in [0.25, 0.3) is 0 Å². The van der Waals surface area contributed by atoms with E-state index in [0.717, 1.165) is 18.4 Å². The van der Waals surface area contributed by atoms with Crippen LogP contribution in [0, 0.1) is 0 Å². The first-order valence-electron chi connectivity index (χ1n) is 8.53. The fraction of sp³-hybridized carbons (Fsp3) is 0.389. The molecule has 3 rings (SSSR count). The average molecular weight is 413 g/mol. The van der Waals surface area contributed by atoms with Gasteiger partial charge in [-0.2, -0.15) is 4.31 Å². The predicted molar refractivity (Wildman–Crippen MR) is 104 cm³/mol. The second kappa shape index (κ2) is 8.52. The maximum atomic E-state index is 12.8. The van der Waals surface area contributed by atoms with Gasteiger partial charge in [0.15, 0.2) is 0 Å². The molecule has 1 aliphatic rings. The van der Waals surface area contributed by atoms with Crippen LogP contribution >= 0.6 is 22.9 Å². The van der Waals surface area contributed by atoms with E-state index in [1.54, 1.807) is 29.6 Å². The zero-order valence-corrected chi connectivity index (χ0v) is 16.6. The number of amides is 1. The van der Waals surface area contributed by atoms with Gasteiger partial charge in [0, 0.05) is 30.6 Å². The maximum absolute atomic E-state index is 12.8. The molecular weight excluding hydrogens is 392 g/mol. The van der Waals surface area contributed by atoms with Crippen molar-refractivity contribution >= 4 is 38.9 Å². The summed E-state index contributed by atoms with van der Waals surface area (Å²) in [5.74, 6) is -0.141. The van der Waals surface area contributed by atoms with Gasteiger partial charge in [0.1, 0.15) is 4.21 Å². The largest absolute Gasteiger partial charge is 0.352 e. The van der Waals surface area contributed by atoms with Gasteiger partial charge in [-0.15, -0.1) is 11.3 Å². The summed E-state index contributed by atoms with van der Waals surface area (Å²) in [6, 6.07) is 10.3. The minimum Gasteiger partial charge on any atom is -0.352 e. The minimum atomic E-state index is -3.53. The van der Waals surface area contributed by atoms with Crippen molar-refractivity contribution in [3.63, 3.8) is 0 Å². The Morgan fingerprint density at radius 1 is 1.23 bits per heavy atom. The molecule has 2 heterocycles. The third-order valence-corrected chi connectivity index (χ3v) is 8.03. The molecular formula is C18H21ClN2O3S2. The molecule has 1 N–H and O–H groups in total. The molecule has 0 spiro atoms. The Labute approximate surface area is 163 Å². The highest BCUT2D eigenvalue weighted by molar-refractivity contribution is 7.91. The van der Waals surface area contributed by atoms with Gasteiger partial charge >= 0.3 is 0 Å². The number of carbonyl (C=O) groups is 1. The zero-order valence-electron chi connectivity index (χ0n) is 14.2. The van der Waals surface area contributed by atoms with Crippen molar-refractivity contribution in [1.82, 2.24) is 9.62 Å². The number of piperidine rings is 1. The van der Waals surface area contributed by atoms with Crippen molar-refractivity contribution in [1.29, 1.82) is 0 Å². The lowest BCUT2D eigenvalue weighted by atomic mass is 10.0. The van der Waals surface area contributed by atoms with E-state index in [4.69, 9.17) is 11.6 Å². The van der Waals surface area contributed by atoms with E-state index < -0.39 is 10.0 Å².